The van der Waals surface area contributed by atoms with Gasteiger partial charge in [-0.15, -0.1) is 0 Å². The van der Waals surface area contributed by atoms with Gasteiger partial charge in [0.1, 0.15) is 6.54 Å². The number of sulfone groups is 1. The third-order valence-electron chi connectivity index (χ3n) is 3.66. The largest absolute Gasteiger partial charge is 0.416 e. The van der Waals surface area contributed by atoms with Crippen molar-refractivity contribution in [3.63, 3.8) is 0 Å². The number of nitrogens with zero attached hydrogens (tertiary/aromatic N) is 1. The third kappa shape index (κ3) is 6.26. The van der Waals surface area contributed by atoms with E-state index in [1.165, 1.54) is 12.1 Å². The Kier molecular flexibility index (Phi) is 6.53. The van der Waals surface area contributed by atoms with Gasteiger partial charge in [-0.3, -0.25) is 0 Å². The predicted octanol–water partition coefficient (Wildman–Crippen LogP) is 1.80. The van der Waals surface area contributed by atoms with Crippen molar-refractivity contribution in [2.75, 3.05) is 24.6 Å². The molecule has 0 radical (unpaired) electrons. The number of benzene rings is 1. The first-order valence-corrected chi connectivity index (χ1v) is 9.93. The molecule has 2 rings (SSSR count). The Balaban J connectivity index is 2.00. The van der Waals surface area contributed by atoms with Crippen LogP contribution in [-0.4, -0.2) is 45.0 Å². The molecule has 1 heterocycles. The standard InChI is InChI=1S/C17H20F3N3O2S/c1-2-21-16(23-15-8-10-26(24,25)12-15)22-9-4-6-13-5-3-7-14(11-13)17(18,19)20/h3,5,7,11,15H,2,8-10,12H2,1H3,(H2,21,22,23). The summed E-state index contributed by atoms with van der Waals surface area (Å²) in [6.07, 6.45) is -3.89. The molecule has 1 aliphatic heterocycles. The van der Waals surface area contributed by atoms with Gasteiger partial charge in [0.25, 0.3) is 0 Å². The van der Waals surface area contributed by atoms with Crippen LogP contribution < -0.4 is 10.6 Å². The van der Waals surface area contributed by atoms with Crippen LogP contribution in [0.25, 0.3) is 0 Å². The van der Waals surface area contributed by atoms with Crippen molar-refractivity contribution < 1.29 is 21.6 Å². The van der Waals surface area contributed by atoms with E-state index in [0.29, 0.717) is 18.9 Å². The van der Waals surface area contributed by atoms with Crippen LogP contribution in [0.15, 0.2) is 29.3 Å². The Morgan fingerprint density at radius 3 is 2.77 bits per heavy atom. The minimum Gasteiger partial charge on any atom is -0.357 e. The zero-order valence-corrected chi connectivity index (χ0v) is 15.0. The highest BCUT2D eigenvalue weighted by atomic mass is 32.2. The Hall–Kier alpha value is -2.21. The minimum atomic E-state index is -4.40. The van der Waals surface area contributed by atoms with E-state index >= 15 is 0 Å². The number of hydrogen-bond acceptors (Lipinski definition) is 3. The van der Waals surface area contributed by atoms with Gasteiger partial charge in [0.15, 0.2) is 15.8 Å². The molecule has 9 heteroatoms. The van der Waals surface area contributed by atoms with Crippen LogP contribution in [0.3, 0.4) is 0 Å². The summed E-state index contributed by atoms with van der Waals surface area (Å²) in [5, 5.41) is 6.04. The maximum atomic E-state index is 12.7. The molecule has 142 valence electrons. The lowest BCUT2D eigenvalue weighted by molar-refractivity contribution is -0.137. The number of nitrogens with one attached hydrogen (secondary N) is 2. The van der Waals surface area contributed by atoms with Crippen LogP contribution in [0.4, 0.5) is 13.2 Å². The van der Waals surface area contributed by atoms with E-state index in [2.05, 4.69) is 27.5 Å². The van der Waals surface area contributed by atoms with Gasteiger partial charge in [0.2, 0.25) is 0 Å². The molecule has 1 atom stereocenters. The first-order chi connectivity index (χ1) is 12.2. The molecular weight excluding hydrogens is 367 g/mol. The summed E-state index contributed by atoms with van der Waals surface area (Å²) in [4.78, 5) is 4.21. The van der Waals surface area contributed by atoms with Crippen LogP contribution >= 0.6 is 0 Å². The molecule has 1 fully saturated rings. The summed E-state index contributed by atoms with van der Waals surface area (Å²) in [5.41, 5.74) is -0.486. The SMILES string of the molecule is CCNC(=NCC#Cc1cccc(C(F)(F)F)c1)NC1CCS(=O)(=O)C1. The van der Waals surface area contributed by atoms with Crippen molar-refractivity contribution in [2.24, 2.45) is 4.99 Å². The highest BCUT2D eigenvalue weighted by Crippen LogP contribution is 2.29. The molecule has 1 aromatic carbocycles. The van der Waals surface area contributed by atoms with Crippen molar-refractivity contribution in [3.05, 3.63) is 35.4 Å². The summed E-state index contributed by atoms with van der Waals surface area (Å²) in [6, 6.07) is 4.59. The van der Waals surface area contributed by atoms with Crippen molar-refractivity contribution in [2.45, 2.75) is 25.6 Å². The molecule has 0 spiro atoms. The second-order valence-electron chi connectivity index (χ2n) is 5.82. The lowest BCUT2D eigenvalue weighted by Crippen LogP contribution is -2.44. The zero-order chi connectivity index (χ0) is 19.2. The van der Waals surface area contributed by atoms with Crippen molar-refractivity contribution in [3.8, 4) is 11.8 Å². The average Bonchev–Trinajstić information content (AvgIpc) is 2.90. The van der Waals surface area contributed by atoms with E-state index in [1.807, 2.05) is 6.92 Å². The number of aliphatic imine (C=N–C) groups is 1. The normalized spacial score (nSPS) is 19.5. The van der Waals surface area contributed by atoms with Gasteiger partial charge in [0.05, 0.1) is 17.1 Å². The average molecular weight is 387 g/mol. The summed E-state index contributed by atoms with van der Waals surface area (Å²) < 4.78 is 61.0. The molecule has 26 heavy (non-hydrogen) atoms. The fourth-order valence-corrected chi connectivity index (χ4v) is 4.13. The molecule has 1 aliphatic rings. The molecule has 0 saturated carbocycles. The van der Waals surface area contributed by atoms with Crippen LogP contribution in [0.1, 0.15) is 24.5 Å². The molecule has 2 N–H and O–H groups in total. The van der Waals surface area contributed by atoms with Gasteiger partial charge >= 0.3 is 6.18 Å². The number of rotatable bonds is 3. The van der Waals surface area contributed by atoms with Crippen LogP contribution in [0.2, 0.25) is 0 Å². The van der Waals surface area contributed by atoms with Gasteiger partial charge in [-0.1, -0.05) is 17.9 Å². The Morgan fingerprint density at radius 1 is 1.38 bits per heavy atom. The van der Waals surface area contributed by atoms with Gasteiger partial charge in [-0.05, 0) is 31.5 Å². The highest BCUT2D eigenvalue weighted by Gasteiger charge is 2.30. The topological polar surface area (TPSA) is 70.6 Å². The zero-order valence-electron chi connectivity index (χ0n) is 14.2. The Bertz CT molecular complexity index is 824. The Morgan fingerprint density at radius 2 is 2.15 bits per heavy atom. The first kappa shape index (κ1) is 20.1. The van der Waals surface area contributed by atoms with E-state index in [9.17, 15) is 21.6 Å². The lowest BCUT2D eigenvalue weighted by Gasteiger charge is -2.15. The molecule has 1 unspecified atom stereocenters. The summed E-state index contributed by atoms with van der Waals surface area (Å²) in [5.74, 6) is 6.01. The molecule has 1 saturated heterocycles. The van der Waals surface area contributed by atoms with E-state index in [0.717, 1.165) is 12.1 Å². The number of halogens is 3. The third-order valence-corrected chi connectivity index (χ3v) is 5.42. The summed E-state index contributed by atoms with van der Waals surface area (Å²) >= 11 is 0. The first-order valence-electron chi connectivity index (χ1n) is 8.11. The van der Waals surface area contributed by atoms with Crippen molar-refractivity contribution in [1.82, 2.24) is 10.6 Å². The second-order valence-corrected chi connectivity index (χ2v) is 8.05. The summed E-state index contributed by atoms with van der Waals surface area (Å²) in [6.45, 7) is 2.54. The second kappa shape index (κ2) is 8.45. The lowest BCUT2D eigenvalue weighted by atomic mass is 10.1. The van der Waals surface area contributed by atoms with E-state index < -0.39 is 21.6 Å². The van der Waals surface area contributed by atoms with Gasteiger partial charge in [-0.25, -0.2) is 13.4 Å². The highest BCUT2D eigenvalue weighted by molar-refractivity contribution is 7.91. The number of alkyl halides is 3. The smallest absolute Gasteiger partial charge is 0.357 e. The maximum absolute atomic E-state index is 12.7. The maximum Gasteiger partial charge on any atom is 0.416 e. The van der Waals surface area contributed by atoms with Gasteiger partial charge < -0.3 is 10.6 Å². The fourth-order valence-electron chi connectivity index (χ4n) is 2.46. The molecule has 0 amide bonds. The van der Waals surface area contributed by atoms with E-state index in [1.54, 1.807) is 0 Å². The summed E-state index contributed by atoms with van der Waals surface area (Å²) in [7, 11) is -3.00. The number of guanidine groups is 1. The van der Waals surface area contributed by atoms with Crippen LogP contribution in [0.5, 0.6) is 0 Å². The van der Waals surface area contributed by atoms with Crippen molar-refractivity contribution in [1.29, 1.82) is 0 Å². The predicted molar refractivity (Wildman–Crippen MR) is 94.5 cm³/mol. The number of hydrogen-bond donors (Lipinski definition) is 2. The molecule has 0 bridgehead atoms. The monoisotopic (exact) mass is 387 g/mol. The van der Waals surface area contributed by atoms with E-state index in [4.69, 9.17) is 0 Å². The van der Waals surface area contributed by atoms with Crippen LogP contribution in [-0.2, 0) is 16.0 Å². The van der Waals surface area contributed by atoms with Crippen LogP contribution in [0, 0.1) is 11.8 Å². The molecule has 0 aromatic heterocycles. The minimum absolute atomic E-state index is 0.0628. The molecular formula is C17H20F3N3O2S. The quantitative estimate of drug-likeness (QED) is 0.471. The van der Waals surface area contributed by atoms with E-state index in [-0.39, 0.29) is 29.7 Å². The Labute approximate surface area is 151 Å². The van der Waals surface area contributed by atoms with Crippen molar-refractivity contribution >= 4 is 15.8 Å². The van der Waals surface area contributed by atoms with Gasteiger partial charge in [0, 0.05) is 18.2 Å². The van der Waals surface area contributed by atoms with Gasteiger partial charge in [-0.2, -0.15) is 13.2 Å². The molecule has 0 aliphatic carbocycles. The molecule has 1 aromatic rings. The fraction of sp³-hybridized carbons (Fsp3) is 0.471. The molecule has 5 nitrogen and oxygen atoms in total.